The van der Waals surface area contributed by atoms with Crippen molar-refractivity contribution in [1.29, 1.82) is 0 Å². The van der Waals surface area contributed by atoms with Crippen molar-refractivity contribution in [3.05, 3.63) is 64.7 Å². The molecule has 234 valence electrons. The number of aliphatic carboxylic acids is 2. The highest BCUT2D eigenvalue weighted by molar-refractivity contribution is 5.73. The number of likely N-dealkylation sites (N-methyl/N-ethyl adjacent to an activating group) is 1. The molecule has 2 atom stereocenters. The zero-order valence-electron chi connectivity index (χ0n) is 23.2. The molecule has 1 aliphatic heterocycles. The van der Waals surface area contributed by atoms with Crippen molar-refractivity contribution in [3.8, 4) is 5.75 Å². The van der Waals surface area contributed by atoms with Crippen LogP contribution in [0.3, 0.4) is 0 Å². The average molecular weight is 609 g/mol. The minimum Gasteiger partial charge on any atom is -0.492 e. The van der Waals surface area contributed by atoms with Crippen molar-refractivity contribution in [2.75, 3.05) is 33.3 Å². The largest absolute Gasteiger partial charge is 0.492 e. The number of aliphatic hydroxyl groups is 1. The summed E-state index contributed by atoms with van der Waals surface area (Å²) in [6.07, 6.45) is -8.55. The Balaban J connectivity index is 0.000000367. The normalized spacial score (nSPS) is 19.2. The quantitative estimate of drug-likeness (QED) is 0.364. The fourth-order valence-electron chi connectivity index (χ4n) is 5.22. The lowest BCUT2D eigenvalue weighted by Gasteiger charge is -2.40. The predicted molar refractivity (Wildman–Crippen MR) is 140 cm³/mol. The molecular weight excluding hydrogens is 574 g/mol. The number of aliphatic hydroxyl groups excluding tert-OH is 1. The fourth-order valence-corrected chi connectivity index (χ4v) is 5.22. The topological polar surface area (TPSA) is 119 Å². The van der Waals surface area contributed by atoms with Crippen LogP contribution < -0.4 is 10.1 Å². The van der Waals surface area contributed by atoms with E-state index < -0.39 is 24.3 Å². The Morgan fingerprint density at radius 3 is 1.90 bits per heavy atom. The van der Waals surface area contributed by atoms with Gasteiger partial charge in [0.25, 0.3) is 0 Å². The summed E-state index contributed by atoms with van der Waals surface area (Å²) in [6.45, 7) is 7.51. The molecule has 2 aromatic rings. The third-order valence-electron chi connectivity index (χ3n) is 7.04. The van der Waals surface area contributed by atoms with Gasteiger partial charge in [-0.3, -0.25) is 4.90 Å². The third-order valence-corrected chi connectivity index (χ3v) is 7.04. The van der Waals surface area contributed by atoms with Gasteiger partial charge in [0.05, 0.1) is 12.1 Å². The maximum absolute atomic E-state index is 11.4. The lowest BCUT2D eigenvalue weighted by atomic mass is 9.72. The van der Waals surface area contributed by atoms with E-state index in [1.54, 1.807) is 0 Å². The molecule has 0 saturated carbocycles. The van der Waals surface area contributed by atoms with Gasteiger partial charge >= 0.3 is 24.3 Å². The predicted octanol–water partition coefficient (Wildman–Crippen LogP) is 4.62. The monoisotopic (exact) mass is 608 g/mol. The van der Waals surface area contributed by atoms with Gasteiger partial charge < -0.3 is 25.4 Å². The van der Waals surface area contributed by atoms with Gasteiger partial charge in [-0.1, -0.05) is 30.3 Å². The molecule has 0 amide bonds. The van der Waals surface area contributed by atoms with Gasteiger partial charge in [-0.15, -0.1) is 0 Å². The molecule has 14 heteroatoms. The first kappa shape index (κ1) is 34.8. The van der Waals surface area contributed by atoms with Crippen molar-refractivity contribution in [2.24, 2.45) is 0 Å². The van der Waals surface area contributed by atoms with Crippen molar-refractivity contribution in [1.82, 2.24) is 10.2 Å². The minimum atomic E-state index is -5.08. The molecule has 1 heterocycles. The molecule has 0 unspecified atom stereocenters. The van der Waals surface area contributed by atoms with E-state index in [-0.39, 0.29) is 17.6 Å². The van der Waals surface area contributed by atoms with Crippen LogP contribution in [-0.2, 0) is 15.0 Å². The number of carboxylic acid groups (broad SMARTS) is 2. The number of carbonyl (C=O) groups is 2. The van der Waals surface area contributed by atoms with E-state index in [4.69, 9.17) is 24.5 Å². The van der Waals surface area contributed by atoms with Crippen LogP contribution in [0.1, 0.15) is 41.1 Å². The molecule has 1 saturated heterocycles. The zero-order valence-corrected chi connectivity index (χ0v) is 23.2. The summed E-state index contributed by atoms with van der Waals surface area (Å²) in [4.78, 5) is 20.1. The first-order chi connectivity index (χ1) is 19.4. The van der Waals surface area contributed by atoms with E-state index in [0.717, 1.165) is 38.2 Å². The van der Waals surface area contributed by atoms with Crippen molar-refractivity contribution in [3.63, 3.8) is 0 Å². The lowest BCUT2D eigenvalue weighted by Crippen LogP contribution is -2.48. The van der Waals surface area contributed by atoms with E-state index >= 15 is 0 Å². The number of halogens is 6. The molecule has 1 fully saturated rings. The molecule has 0 radical (unpaired) electrons. The second kappa shape index (κ2) is 14.2. The van der Waals surface area contributed by atoms with Crippen LogP contribution in [0.2, 0.25) is 0 Å². The molecule has 1 spiro atoms. The van der Waals surface area contributed by atoms with Gasteiger partial charge in [0.15, 0.2) is 0 Å². The Bertz CT molecular complexity index is 1170. The first-order valence-corrected chi connectivity index (χ1v) is 12.9. The Hall–Kier alpha value is -3.36. The highest BCUT2D eigenvalue weighted by Crippen LogP contribution is 2.51. The Morgan fingerprint density at radius 2 is 1.43 bits per heavy atom. The number of hydrogen-bond acceptors (Lipinski definition) is 6. The van der Waals surface area contributed by atoms with E-state index in [1.807, 2.05) is 0 Å². The number of piperidine rings is 1. The van der Waals surface area contributed by atoms with E-state index in [2.05, 4.69) is 73.6 Å². The number of ether oxygens (including phenoxy) is 1. The van der Waals surface area contributed by atoms with Gasteiger partial charge in [0.1, 0.15) is 12.4 Å². The highest BCUT2D eigenvalue weighted by Gasteiger charge is 2.52. The second-order valence-corrected chi connectivity index (χ2v) is 10.1. The Kier molecular flexibility index (Phi) is 11.8. The number of nitrogens with zero attached hydrogens (tertiary/aromatic N) is 1. The number of nitrogens with one attached hydrogen (secondary N) is 1. The highest BCUT2D eigenvalue weighted by atomic mass is 19.4. The number of benzene rings is 2. The van der Waals surface area contributed by atoms with Gasteiger partial charge in [-0.25, -0.2) is 9.59 Å². The van der Waals surface area contributed by atoms with Gasteiger partial charge in [-0.2, -0.15) is 26.3 Å². The standard InChI is InChI=1S/C24H32N2O2.2C2HF3O2/c1-17-14-18(2)16-19(15-17)28-13-12-26(3)22-20-6-4-5-7-21(20)24(23(22)27)8-10-25-11-9-24;2*3-2(4,5)1(6)7/h4-7,14-16,22-23,25,27H,8-13H2,1-3H3;2*(H,6,7)/t22-,23+;;/m1../s1. The Labute approximate surface area is 238 Å². The molecule has 2 aliphatic rings. The molecule has 0 bridgehead atoms. The summed E-state index contributed by atoms with van der Waals surface area (Å²) < 4.78 is 69.5. The number of carboxylic acids is 2. The van der Waals surface area contributed by atoms with E-state index in [1.165, 1.54) is 22.3 Å². The van der Waals surface area contributed by atoms with Crippen LogP contribution in [-0.4, -0.2) is 83.9 Å². The Morgan fingerprint density at radius 1 is 0.952 bits per heavy atom. The van der Waals surface area contributed by atoms with Crippen LogP contribution in [0, 0.1) is 13.8 Å². The van der Waals surface area contributed by atoms with Gasteiger partial charge in [0, 0.05) is 12.0 Å². The molecule has 4 N–H and O–H groups in total. The van der Waals surface area contributed by atoms with Crippen molar-refractivity contribution < 1.29 is 56.0 Å². The molecule has 1 aliphatic carbocycles. The van der Waals surface area contributed by atoms with Crippen LogP contribution in [0.25, 0.3) is 0 Å². The minimum absolute atomic E-state index is 0.0251. The first-order valence-electron chi connectivity index (χ1n) is 12.9. The number of rotatable bonds is 5. The van der Waals surface area contributed by atoms with E-state index in [0.29, 0.717) is 6.61 Å². The smallest absolute Gasteiger partial charge is 0.490 e. The number of hydrogen-bond donors (Lipinski definition) is 4. The van der Waals surface area contributed by atoms with Crippen LogP contribution >= 0.6 is 0 Å². The van der Waals surface area contributed by atoms with Crippen LogP contribution in [0.4, 0.5) is 26.3 Å². The van der Waals surface area contributed by atoms with Crippen LogP contribution in [0.15, 0.2) is 42.5 Å². The summed E-state index contributed by atoms with van der Waals surface area (Å²) >= 11 is 0. The summed E-state index contributed by atoms with van der Waals surface area (Å²) in [5.41, 5.74) is 4.95. The number of fused-ring (bicyclic) bond motifs is 2. The van der Waals surface area contributed by atoms with Crippen molar-refractivity contribution >= 4 is 11.9 Å². The molecule has 42 heavy (non-hydrogen) atoms. The zero-order chi connectivity index (χ0) is 31.9. The van der Waals surface area contributed by atoms with Gasteiger partial charge in [0.2, 0.25) is 0 Å². The van der Waals surface area contributed by atoms with Crippen LogP contribution in [0.5, 0.6) is 5.75 Å². The maximum Gasteiger partial charge on any atom is 0.490 e. The average Bonchev–Trinajstić information content (AvgIpc) is 3.11. The molecular formula is C28H34F6N2O6. The third kappa shape index (κ3) is 9.07. The number of aryl methyl sites for hydroxylation is 2. The molecule has 4 rings (SSSR count). The second-order valence-electron chi connectivity index (χ2n) is 10.1. The fraction of sp³-hybridized carbons (Fsp3) is 0.500. The molecule has 0 aromatic heterocycles. The maximum atomic E-state index is 11.4. The molecule has 8 nitrogen and oxygen atoms in total. The molecule has 2 aromatic carbocycles. The summed E-state index contributed by atoms with van der Waals surface area (Å²) in [7, 11) is 2.11. The lowest BCUT2D eigenvalue weighted by molar-refractivity contribution is -0.193. The summed E-state index contributed by atoms with van der Waals surface area (Å²) in [5, 5.41) is 29.1. The number of alkyl halides is 6. The summed E-state index contributed by atoms with van der Waals surface area (Å²) in [5.74, 6) is -4.59. The van der Waals surface area contributed by atoms with E-state index in [9.17, 15) is 31.4 Å². The SMILES string of the molecule is Cc1cc(C)cc(OCCN(C)[C@@H]2c3ccccc3C3(CCNCC3)[C@H]2O)c1.O=C(O)C(F)(F)F.O=C(O)C(F)(F)F. The summed E-state index contributed by atoms with van der Waals surface area (Å²) in [6, 6.07) is 15.0. The van der Waals surface area contributed by atoms with Gasteiger partial charge in [-0.05, 0) is 81.2 Å². The van der Waals surface area contributed by atoms with Crippen molar-refractivity contribution in [2.45, 2.75) is 56.6 Å².